The molecule has 3 nitrogen and oxygen atoms in total. The van der Waals surface area contributed by atoms with Crippen molar-refractivity contribution in [3.63, 3.8) is 0 Å². The number of hydrogen-bond donors (Lipinski definition) is 1. The van der Waals surface area contributed by atoms with Crippen LogP contribution in [0.15, 0.2) is 42.5 Å². The molecule has 0 aliphatic heterocycles. The van der Waals surface area contributed by atoms with Crippen LogP contribution in [-0.4, -0.2) is 6.61 Å². The van der Waals surface area contributed by atoms with E-state index in [0.717, 1.165) is 12.1 Å². The standard InChI is InChI=1S/C16H11F5N2O/c17-15(18)24-13-5-1-10(2-6-13)9-23-12-4-3-11(8-22)14(7-12)16(19,20)21/h1-7,15,23H,9H2. The largest absolute Gasteiger partial charge is 0.435 e. The highest BCUT2D eigenvalue weighted by Crippen LogP contribution is 2.33. The number of nitrogens with one attached hydrogen (secondary N) is 1. The van der Waals surface area contributed by atoms with Gasteiger partial charge in [-0.25, -0.2) is 0 Å². The molecule has 0 saturated heterocycles. The summed E-state index contributed by atoms with van der Waals surface area (Å²) in [6.07, 6.45) is -4.63. The minimum absolute atomic E-state index is 0.00789. The van der Waals surface area contributed by atoms with Crippen molar-refractivity contribution < 1.29 is 26.7 Å². The van der Waals surface area contributed by atoms with E-state index in [1.165, 1.54) is 36.4 Å². The van der Waals surface area contributed by atoms with E-state index in [0.29, 0.717) is 5.56 Å². The van der Waals surface area contributed by atoms with Gasteiger partial charge in [0, 0.05) is 12.2 Å². The van der Waals surface area contributed by atoms with Gasteiger partial charge < -0.3 is 10.1 Å². The Bertz CT molecular complexity index is 736. The maximum Gasteiger partial charge on any atom is 0.417 e. The van der Waals surface area contributed by atoms with Gasteiger partial charge in [-0.15, -0.1) is 0 Å². The number of nitrogens with zero attached hydrogens (tertiary/aromatic N) is 1. The second-order valence-corrected chi connectivity index (χ2v) is 4.75. The Morgan fingerprint density at radius 2 is 1.75 bits per heavy atom. The normalized spacial score (nSPS) is 11.2. The summed E-state index contributed by atoms with van der Waals surface area (Å²) in [5.74, 6) is -0.00789. The molecular weight excluding hydrogens is 331 g/mol. The van der Waals surface area contributed by atoms with Gasteiger partial charge in [-0.3, -0.25) is 0 Å². The number of rotatable bonds is 5. The number of anilines is 1. The van der Waals surface area contributed by atoms with Crippen molar-refractivity contribution in [3.05, 3.63) is 59.2 Å². The summed E-state index contributed by atoms with van der Waals surface area (Å²) in [4.78, 5) is 0. The molecule has 2 aromatic carbocycles. The van der Waals surface area contributed by atoms with Gasteiger partial charge in [0.25, 0.3) is 0 Å². The summed E-state index contributed by atoms with van der Waals surface area (Å²) in [6.45, 7) is -2.74. The highest BCUT2D eigenvalue weighted by Gasteiger charge is 2.33. The predicted molar refractivity (Wildman–Crippen MR) is 76.6 cm³/mol. The third-order valence-corrected chi connectivity index (χ3v) is 3.09. The van der Waals surface area contributed by atoms with E-state index in [1.807, 2.05) is 0 Å². The molecule has 126 valence electrons. The van der Waals surface area contributed by atoms with Crippen LogP contribution in [0, 0.1) is 11.3 Å². The highest BCUT2D eigenvalue weighted by molar-refractivity contribution is 5.53. The summed E-state index contributed by atoms with van der Waals surface area (Å²) in [5, 5.41) is 11.5. The first-order valence-corrected chi connectivity index (χ1v) is 6.68. The lowest BCUT2D eigenvalue weighted by molar-refractivity contribution is -0.137. The van der Waals surface area contributed by atoms with Crippen LogP contribution in [0.2, 0.25) is 0 Å². The van der Waals surface area contributed by atoms with Gasteiger partial charge >= 0.3 is 12.8 Å². The zero-order valence-corrected chi connectivity index (χ0v) is 12.1. The molecule has 0 fully saturated rings. The number of ether oxygens (including phenoxy) is 1. The Labute approximate surface area is 134 Å². The SMILES string of the molecule is N#Cc1ccc(NCc2ccc(OC(F)F)cc2)cc1C(F)(F)F. The van der Waals surface area contributed by atoms with Gasteiger partial charge in [-0.1, -0.05) is 12.1 Å². The smallest absolute Gasteiger partial charge is 0.417 e. The van der Waals surface area contributed by atoms with E-state index >= 15 is 0 Å². The Hall–Kier alpha value is -2.82. The molecule has 0 aliphatic carbocycles. The monoisotopic (exact) mass is 342 g/mol. The van der Waals surface area contributed by atoms with Crippen LogP contribution in [0.5, 0.6) is 5.75 Å². The summed E-state index contributed by atoms with van der Waals surface area (Å²) < 4.78 is 66.9. The zero-order valence-electron chi connectivity index (χ0n) is 12.1. The van der Waals surface area contributed by atoms with E-state index in [9.17, 15) is 22.0 Å². The first kappa shape index (κ1) is 17.5. The summed E-state index contributed by atoms with van der Waals surface area (Å²) in [6, 6.07) is 10.5. The maximum atomic E-state index is 12.9. The average molecular weight is 342 g/mol. The van der Waals surface area contributed by atoms with Crippen molar-refractivity contribution in [2.45, 2.75) is 19.3 Å². The van der Waals surface area contributed by atoms with E-state index in [1.54, 1.807) is 0 Å². The first-order chi connectivity index (χ1) is 11.3. The lowest BCUT2D eigenvalue weighted by Gasteiger charge is -2.12. The second-order valence-electron chi connectivity index (χ2n) is 4.75. The van der Waals surface area contributed by atoms with Crippen molar-refractivity contribution in [1.82, 2.24) is 0 Å². The molecule has 24 heavy (non-hydrogen) atoms. The van der Waals surface area contributed by atoms with Crippen LogP contribution in [0.1, 0.15) is 16.7 Å². The van der Waals surface area contributed by atoms with Gasteiger partial charge in [0.15, 0.2) is 0 Å². The predicted octanol–water partition coefficient (Wildman–Crippen LogP) is 4.79. The highest BCUT2D eigenvalue weighted by atomic mass is 19.4. The molecule has 1 N–H and O–H groups in total. The lowest BCUT2D eigenvalue weighted by atomic mass is 10.1. The molecule has 0 bridgehead atoms. The van der Waals surface area contributed by atoms with Crippen LogP contribution >= 0.6 is 0 Å². The van der Waals surface area contributed by atoms with Crippen molar-refractivity contribution >= 4 is 5.69 Å². The average Bonchev–Trinajstić information content (AvgIpc) is 2.52. The van der Waals surface area contributed by atoms with Crippen molar-refractivity contribution in [2.24, 2.45) is 0 Å². The van der Waals surface area contributed by atoms with Gasteiger partial charge in [0.2, 0.25) is 0 Å². The summed E-state index contributed by atoms with van der Waals surface area (Å²) >= 11 is 0. The van der Waals surface area contributed by atoms with Gasteiger partial charge in [-0.2, -0.15) is 27.2 Å². The molecule has 0 spiro atoms. The van der Waals surface area contributed by atoms with Crippen molar-refractivity contribution in [3.8, 4) is 11.8 Å². The zero-order chi connectivity index (χ0) is 17.7. The molecule has 0 aromatic heterocycles. The number of benzene rings is 2. The van der Waals surface area contributed by atoms with E-state index < -0.39 is 23.9 Å². The first-order valence-electron chi connectivity index (χ1n) is 6.68. The minimum Gasteiger partial charge on any atom is -0.435 e. The van der Waals surface area contributed by atoms with Crippen molar-refractivity contribution in [2.75, 3.05) is 5.32 Å². The van der Waals surface area contributed by atoms with Gasteiger partial charge in [-0.05, 0) is 35.9 Å². The molecule has 0 saturated carbocycles. The maximum absolute atomic E-state index is 12.9. The molecule has 0 amide bonds. The fourth-order valence-electron chi connectivity index (χ4n) is 1.98. The Kier molecular flexibility index (Phi) is 5.24. The van der Waals surface area contributed by atoms with Crippen LogP contribution in [0.4, 0.5) is 27.6 Å². The van der Waals surface area contributed by atoms with E-state index in [2.05, 4.69) is 10.1 Å². The molecular formula is C16H11F5N2O. The van der Waals surface area contributed by atoms with Gasteiger partial charge in [0.1, 0.15) is 5.75 Å². The third-order valence-electron chi connectivity index (χ3n) is 3.09. The Balaban J connectivity index is 2.08. The summed E-state index contributed by atoms with van der Waals surface area (Å²) in [5.41, 5.74) is -0.624. The third kappa shape index (κ3) is 4.59. The lowest BCUT2D eigenvalue weighted by Crippen LogP contribution is -2.09. The molecule has 2 aromatic rings. The molecule has 0 radical (unpaired) electrons. The van der Waals surface area contributed by atoms with Crippen molar-refractivity contribution in [1.29, 1.82) is 5.26 Å². The number of nitriles is 1. The molecule has 8 heteroatoms. The molecule has 2 rings (SSSR count). The van der Waals surface area contributed by atoms with Crippen LogP contribution in [0.3, 0.4) is 0 Å². The topological polar surface area (TPSA) is 45.0 Å². The van der Waals surface area contributed by atoms with E-state index in [-0.39, 0.29) is 18.0 Å². The quantitative estimate of drug-likeness (QED) is 0.795. The second kappa shape index (κ2) is 7.17. The van der Waals surface area contributed by atoms with Crippen LogP contribution < -0.4 is 10.1 Å². The molecule has 0 unspecified atom stereocenters. The Morgan fingerprint density at radius 3 is 2.29 bits per heavy atom. The Morgan fingerprint density at radius 1 is 1.08 bits per heavy atom. The molecule has 0 aliphatic rings. The minimum atomic E-state index is -4.63. The molecule has 0 atom stereocenters. The molecule has 0 heterocycles. The van der Waals surface area contributed by atoms with Crippen LogP contribution in [0.25, 0.3) is 0 Å². The van der Waals surface area contributed by atoms with Gasteiger partial charge in [0.05, 0.1) is 17.2 Å². The fraction of sp³-hybridized carbons (Fsp3) is 0.188. The number of halogens is 5. The number of alkyl halides is 5. The summed E-state index contributed by atoms with van der Waals surface area (Å²) in [7, 11) is 0. The van der Waals surface area contributed by atoms with E-state index in [4.69, 9.17) is 5.26 Å². The van der Waals surface area contributed by atoms with Crippen LogP contribution in [-0.2, 0) is 12.7 Å². The number of hydrogen-bond acceptors (Lipinski definition) is 3. The fourth-order valence-corrected chi connectivity index (χ4v) is 1.98.